The second-order valence-corrected chi connectivity index (χ2v) is 7.90. The number of carbonyl (C=O) groups excluding carboxylic acids is 1. The van der Waals surface area contributed by atoms with Crippen LogP contribution in [0.3, 0.4) is 0 Å². The van der Waals surface area contributed by atoms with Crippen molar-refractivity contribution in [2.24, 2.45) is 0 Å². The van der Waals surface area contributed by atoms with Gasteiger partial charge < -0.3 is 9.64 Å². The lowest BCUT2D eigenvalue weighted by atomic mass is 9.86. The molecule has 0 N–H and O–H groups in total. The number of benzene rings is 1. The predicted octanol–water partition coefficient (Wildman–Crippen LogP) is 4.23. The van der Waals surface area contributed by atoms with Crippen LogP contribution in [0.15, 0.2) is 48.8 Å². The Bertz CT molecular complexity index is 764. The van der Waals surface area contributed by atoms with E-state index in [4.69, 9.17) is 16.3 Å². The zero-order chi connectivity index (χ0) is 18.6. The first-order chi connectivity index (χ1) is 13.2. The minimum absolute atomic E-state index is 0.195. The van der Waals surface area contributed by atoms with Gasteiger partial charge in [-0.15, -0.1) is 0 Å². The van der Waals surface area contributed by atoms with E-state index in [0.717, 1.165) is 24.0 Å². The second-order valence-electron chi connectivity index (χ2n) is 7.46. The smallest absolute Gasteiger partial charge is 0.230 e. The largest absolute Gasteiger partial charge is 0.374 e. The molecule has 1 saturated heterocycles. The van der Waals surface area contributed by atoms with Crippen LogP contribution in [0.1, 0.15) is 42.7 Å². The molecule has 2 aromatic rings. The molecule has 3 unspecified atom stereocenters. The van der Waals surface area contributed by atoms with E-state index in [1.807, 2.05) is 42.6 Å². The van der Waals surface area contributed by atoms with Crippen LogP contribution in [0.4, 0.5) is 0 Å². The number of halogens is 1. The van der Waals surface area contributed by atoms with Gasteiger partial charge in [0.25, 0.3) is 0 Å². The molecule has 1 aromatic carbocycles. The van der Waals surface area contributed by atoms with Gasteiger partial charge in [-0.05, 0) is 48.6 Å². The molecular weight excluding hydrogens is 360 g/mol. The number of aromatic nitrogens is 1. The average molecular weight is 385 g/mol. The monoisotopic (exact) mass is 384 g/mol. The maximum Gasteiger partial charge on any atom is 0.230 e. The van der Waals surface area contributed by atoms with Crippen molar-refractivity contribution < 1.29 is 9.53 Å². The molecule has 3 atom stereocenters. The van der Waals surface area contributed by atoms with Crippen molar-refractivity contribution in [2.45, 2.75) is 50.2 Å². The van der Waals surface area contributed by atoms with E-state index in [1.54, 1.807) is 6.20 Å². The predicted molar refractivity (Wildman–Crippen MR) is 106 cm³/mol. The zero-order valence-electron chi connectivity index (χ0n) is 15.4. The number of hydrogen-bond acceptors (Lipinski definition) is 3. The van der Waals surface area contributed by atoms with Gasteiger partial charge in [-0.3, -0.25) is 9.78 Å². The van der Waals surface area contributed by atoms with Gasteiger partial charge in [0.05, 0.1) is 24.7 Å². The SMILES string of the molecule is O=C(C(Cc1cccnc1)c1ccc(Cl)cc1)N1CCOC2CCCCC21. The van der Waals surface area contributed by atoms with Crippen molar-refractivity contribution in [2.75, 3.05) is 13.2 Å². The van der Waals surface area contributed by atoms with Crippen molar-refractivity contribution >= 4 is 17.5 Å². The minimum Gasteiger partial charge on any atom is -0.374 e. The highest BCUT2D eigenvalue weighted by Gasteiger charge is 2.39. The molecule has 2 aliphatic rings. The summed E-state index contributed by atoms with van der Waals surface area (Å²) < 4.78 is 5.96. The summed E-state index contributed by atoms with van der Waals surface area (Å²) in [7, 11) is 0. The molecule has 0 spiro atoms. The number of hydrogen-bond donors (Lipinski definition) is 0. The summed E-state index contributed by atoms with van der Waals surface area (Å²) in [4.78, 5) is 20.0. The highest BCUT2D eigenvalue weighted by molar-refractivity contribution is 6.30. The van der Waals surface area contributed by atoms with Gasteiger partial charge in [-0.1, -0.05) is 42.6 Å². The minimum atomic E-state index is -0.229. The summed E-state index contributed by atoms with van der Waals surface area (Å²) >= 11 is 6.07. The molecule has 1 aromatic heterocycles. The Morgan fingerprint density at radius 2 is 2.04 bits per heavy atom. The molecule has 2 heterocycles. The molecule has 4 rings (SSSR count). The first-order valence-corrected chi connectivity index (χ1v) is 10.2. The zero-order valence-corrected chi connectivity index (χ0v) is 16.1. The molecule has 1 saturated carbocycles. The molecule has 0 bridgehead atoms. The molecule has 1 aliphatic carbocycles. The van der Waals surface area contributed by atoms with Crippen molar-refractivity contribution in [1.82, 2.24) is 9.88 Å². The summed E-state index contributed by atoms with van der Waals surface area (Å²) in [6, 6.07) is 11.8. The summed E-state index contributed by atoms with van der Waals surface area (Å²) in [5.74, 6) is -0.0338. The molecule has 0 radical (unpaired) electrons. The summed E-state index contributed by atoms with van der Waals surface area (Å²) in [5, 5.41) is 0.685. The molecule has 142 valence electrons. The lowest BCUT2D eigenvalue weighted by molar-refractivity contribution is -0.151. The van der Waals surface area contributed by atoms with Gasteiger partial charge in [-0.2, -0.15) is 0 Å². The van der Waals surface area contributed by atoms with Gasteiger partial charge in [-0.25, -0.2) is 0 Å². The normalized spacial score (nSPS) is 23.5. The Balaban J connectivity index is 1.62. The molecule has 4 nitrogen and oxygen atoms in total. The van der Waals surface area contributed by atoms with E-state index in [1.165, 1.54) is 12.8 Å². The number of carbonyl (C=O) groups is 1. The number of nitrogens with zero attached hydrogens (tertiary/aromatic N) is 2. The first-order valence-electron chi connectivity index (χ1n) is 9.79. The van der Waals surface area contributed by atoms with Crippen LogP contribution < -0.4 is 0 Å². The first kappa shape index (κ1) is 18.5. The molecule has 1 aliphatic heterocycles. The fourth-order valence-electron chi connectivity index (χ4n) is 4.37. The highest BCUT2D eigenvalue weighted by atomic mass is 35.5. The number of rotatable bonds is 4. The number of morpholine rings is 1. The van der Waals surface area contributed by atoms with Crippen molar-refractivity contribution in [3.63, 3.8) is 0 Å². The molecule has 1 amide bonds. The average Bonchev–Trinajstić information content (AvgIpc) is 2.73. The van der Waals surface area contributed by atoms with Crippen LogP contribution >= 0.6 is 11.6 Å². The number of amides is 1. The highest BCUT2D eigenvalue weighted by Crippen LogP contribution is 2.32. The Morgan fingerprint density at radius 1 is 1.22 bits per heavy atom. The van der Waals surface area contributed by atoms with Crippen LogP contribution in [0, 0.1) is 0 Å². The van der Waals surface area contributed by atoms with E-state index in [2.05, 4.69) is 9.88 Å². The van der Waals surface area contributed by atoms with E-state index in [9.17, 15) is 4.79 Å². The van der Waals surface area contributed by atoms with Crippen molar-refractivity contribution in [3.8, 4) is 0 Å². The third kappa shape index (κ3) is 4.17. The maximum absolute atomic E-state index is 13.7. The number of ether oxygens (including phenoxy) is 1. The van der Waals surface area contributed by atoms with Crippen LogP contribution in [-0.4, -0.2) is 41.1 Å². The maximum atomic E-state index is 13.7. The Morgan fingerprint density at radius 3 is 2.81 bits per heavy atom. The third-order valence-electron chi connectivity index (χ3n) is 5.75. The van der Waals surface area contributed by atoms with Gasteiger partial charge in [0.2, 0.25) is 5.91 Å². The molecule has 5 heteroatoms. The third-order valence-corrected chi connectivity index (χ3v) is 6.00. The summed E-state index contributed by atoms with van der Waals surface area (Å²) in [5.41, 5.74) is 2.08. The van der Waals surface area contributed by atoms with Gasteiger partial charge in [0.15, 0.2) is 0 Å². The fraction of sp³-hybridized carbons (Fsp3) is 0.455. The van der Waals surface area contributed by atoms with E-state index in [-0.39, 0.29) is 24.0 Å². The Kier molecular flexibility index (Phi) is 5.74. The summed E-state index contributed by atoms with van der Waals surface area (Å²) in [6.07, 6.45) is 8.90. The van der Waals surface area contributed by atoms with Crippen molar-refractivity contribution in [3.05, 3.63) is 64.9 Å². The Labute approximate surface area is 165 Å². The van der Waals surface area contributed by atoms with Crippen molar-refractivity contribution in [1.29, 1.82) is 0 Å². The fourth-order valence-corrected chi connectivity index (χ4v) is 4.49. The second kappa shape index (κ2) is 8.41. The lowest BCUT2D eigenvalue weighted by Crippen LogP contribution is -2.56. The van der Waals surface area contributed by atoms with Gasteiger partial charge >= 0.3 is 0 Å². The van der Waals surface area contributed by atoms with Crippen LogP contribution in [0.25, 0.3) is 0 Å². The number of pyridine rings is 1. The lowest BCUT2D eigenvalue weighted by Gasteiger charge is -2.45. The van der Waals surface area contributed by atoms with E-state index in [0.29, 0.717) is 24.6 Å². The van der Waals surface area contributed by atoms with Gasteiger partial charge in [0, 0.05) is 24.0 Å². The van der Waals surface area contributed by atoms with Crippen LogP contribution in [0.5, 0.6) is 0 Å². The quantitative estimate of drug-likeness (QED) is 0.792. The molecule has 27 heavy (non-hydrogen) atoms. The Hall–Kier alpha value is -1.91. The van der Waals surface area contributed by atoms with Crippen LogP contribution in [0.2, 0.25) is 5.02 Å². The van der Waals surface area contributed by atoms with E-state index < -0.39 is 0 Å². The molecule has 2 fully saturated rings. The molecular formula is C22H25ClN2O2. The summed E-state index contributed by atoms with van der Waals surface area (Å²) in [6.45, 7) is 1.31. The topological polar surface area (TPSA) is 42.4 Å². The standard InChI is InChI=1S/C22H25ClN2O2/c23-18-9-7-17(8-10-18)19(14-16-4-3-11-24-15-16)22(26)25-12-13-27-21-6-2-1-5-20(21)25/h3-4,7-11,15,19-21H,1-2,5-6,12-14H2. The van der Waals surface area contributed by atoms with E-state index >= 15 is 0 Å². The van der Waals surface area contributed by atoms with Gasteiger partial charge in [0.1, 0.15) is 0 Å². The number of fused-ring (bicyclic) bond motifs is 1. The van der Waals surface area contributed by atoms with Crippen LogP contribution in [-0.2, 0) is 16.0 Å².